The van der Waals surface area contributed by atoms with E-state index >= 15 is 0 Å². The van der Waals surface area contributed by atoms with Gasteiger partial charge in [-0.3, -0.25) is 9.59 Å². The number of aromatic hydroxyl groups is 1. The third-order valence-corrected chi connectivity index (χ3v) is 4.62. The molecule has 3 aromatic rings. The summed E-state index contributed by atoms with van der Waals surface area (Å²) in [6.07, 6.45) is 0.504. The van der Waals surface area contributed by atoms with Gasteiger partial charge in [0.05, 0.1) is 0 Å². The molecule has 122 valence electrons. The molecule has 0 heterocycles. The van der Waals surface area contributed by atoms with Crippen molar-refractivity contribution in [1.29, 1.82) is 0 Å². The second-order valence-corrected chi connectivity index (χ2v) is 6.39. The number of carbonyl (C=O) groups excluding carboxylic acids is 2. The highest BCUT2D eigenvalue weighted by Gasteiger charge is 2.29. The molecule has 1 aliphatic carbocycles. The number of hydrogen-bond acceptors (Lipinski definition) is 3. The minimum Gasteiger partial charge on any atom is -0.508 e. The maximum atomic E-state index is 12.8. The Morgan fingerprint density at radius 1 is 0.760 bits per heavy atom. The summed E-state index contributed by atoms with van der Waals surface area (Å²) in [5, 5.41) is 10.0. The van der Waals surface area contributed by atoms with Crippen LogP contribution in [0.2, 0.25) is 0 Å². The molecule has 0 aromatic heterocycles. The Hall–Kier alpha value is -3.20. The van der Waals surface area contributed by atoms with Crippen LogP contribution >= 0.6 is 0 Å². The Kier molecular flexibility index (Phi) is 3.50. The third-order valence-electron chi connectivity index (χ3n) is 4.62. The molecule has 3 nitrogen and oxygen atoms in total. The summed E-state index contributed by atoms with van der Waals surface area (Å²) in [5.41, 5.74) is 4.55. The zero-order valence-corrected chi connectivity index (χ0v) is 13.7. The largest absolute Gasteiger partial charge is 0.508 e. The summed E-state index contributed by atoms with van der Waals surface area (Å²) in [5.74, 6) is -0.00765. The first kappa shape index (κ1) is 15.3. The van der Waals surface area contributed by atoms with Gasteiger partial charge in [0.25, 0.3) is 0 Å². The number of phenolic OH excluding ortho intramolecular Hbond substituents is 1. The molecule has 25 heavy (non-hydrogen) atoms. The van der Waals surface area contributed by atoms with Crippen molar-refractivity contribution in [2.45, 2.75) is 13.3 Å². The molecule has 0 spiro atoms. The summed E-state index contributed by atoms with van der Waals surface area (Å²) in [7, 11) is 0. The fourth-order valence-corrected chi connectivity index (χ4v) is 3.33. The van der Waals surface area contributed by atoms with Crippen LogP contribution in [0, 0.1) is 6.92 Å². The normalized spacial score (nSPS) is 12.7. The van der Waals surface area contributed by atoms with Crippen LogP contribution in [0.25, 0.3) is 0 Å². The lowest BCUT2D eigenvalue weighted by molar-refractivity contribution is 0.0979. The van der Waals surface area contributed by atoms with Gasteiger partial charge in [-0.2, -0.15) is 0 Å². The van der Waals surface area contributed by atoms with Crippen LogP contribution in [0.15, 0.2) is 60.7 Å². The summed E-state index contributed by atoms with van der Waals surface area (Å²) >= 11 is 0. The smallest absolute Gasteiger partial charge is 0.194 e. The molecule has 0 saturated heterocycles. The molecule has 3 aromatic carbocycles. The van der Waals surface area contributed by atoms with Gasteiger partial charge in [-0.05, 0) is 30.2 Å². The second-order valence-electron chi connectivity index (χ2n) is 6.39. The number of aryl methyl sites for hydroxylation is 1. The number of hydrogen-bond donors (Lipinski definition) is 1. The topological polar surface area (TPSA) is 54.4 Å². The number of benzene rings is 3. The van der Waals surface area contributed by atoms with Gasteiger partial charge in [-0.15, -0.1) is 0 Å². The Balaban J connectivity index is 1.77. The van der Waals surface area contributed by atoms with Crippen molar-refractivity contribution in [3.05, 3.63) is 99.6 Å². The lowest BCUT2D eigenvalue weighted by atomic mass is 9.83. The van der Waals surface area contributed by atoms with Crippen LogP contribution in [0.5, 0.6) is 5.75 Å². The highest BCUT2D eigenvalue weighted by Crippen LogP contribution is 2.29. The molecule has 0 amide bonds. The highest BCUT2D eigenvalue weighted by molar-refractivity contribution is 6.28. The average molecular weight is 328 g/mol. The maximum Gasteiger partial charge on any atom is 0.194 e. The summed E-state index contributed by atoms with van der Waals surface area (Å²) in [6.45, 7) is 1.97. The average Bonchev–Trinajstić information content (AvgIpc) is 2.63. The molecule has 0 atom stereocenters. The van der Waals surface area contributed by atoms with Crippen molar-refractivity contribution in [2.24, 2.45) is 0 Å². The lowest BCUT2D eigenvalue weighted by Gasteiger charge is -2.18. The van der Waals surface area contributed by atoms with E-state index in [1.54, 1.807) is 42.5 Å². The molecule has 4 rings (SSSR count). The van der Waals surface area contributed by atoms with Gasteiger partial charge in [-0.25, -0.2) is 0 Å². The first-order chi connectivity index (χ1) is 12.0. The summed E-state index contributed by atoms with van der Waals surface area (Å²) in [6, 6.07) is 17.7. The van der Waals surface area contributed by atoms with Gasteiger partial charge in [0, 0.05) is 28.7 Å². The van der Waals surface area contributed by atoms with Gasteiger partial charge < -0.3 is 5.11 Å². The van der Waals surface area contributed by atoms with E-state index in [4.69, 9.17) is 0 Å². The number of ketones is 2. The number of fused-ring (bicyclic) bond motifs is 2. The molecule has 0 unspecified atom stereocenters. The molecule has 0 bridgehead atoms. The fourth-order valence-electron chi connectivity index (χ4n) is 3.33. The van der Waals surface area contributed by atoms with E-state index in [0.717, 1.165) is 16.7 Å². The van der Waals surface area contributed by atoms with E-state index in [-0.39, 0.29) is 17.3 Å². The van der Waals surface area contributed by atoms with E-state index in [2.05, 4.69) is 0 Å². The van der Waals surface area contributed by atoms with Crippen molar-refractivity contribution in [2.75, 3.05) is 0 Å². The van der Waals surface area contributed by atoms with E-state index in [0.29, 0.717) is 28.7 Å². The summed E-state index contributed by atoms with van der Waals surface area (Å²) in [4.78, 5) is 25.4. The van der Waals surface area contributed by atoms with Crippen LogP contribution in [0.3, 0.4) is 0 Å². The molecule has 1 N–H and O–H groups in total. The van der Waals surface area contributed by atoms with Gasteiger partial charge in [0.1, 0.15) is 5.75 Å². The number of phenols is 1. The summed E-state index contributed by atoms with van der Waals surface area (Å²) < 4.78 is 0. The Bertz CT molecular complexity index is 1030. The lowest BCUT2D eigenvalue weighted by Crippen LogP contribution is -2.21. The minimum atomic E-state index is -0.125. The quantitative estimate of drug-likeness (QED) is 0.603. The van der Waals surface area contributed by atoms with Gasteiger partial charge in [0.2, 0.25) is 0 Å². The van der Waals surface area contributed by atoms with Crippen molar-refractivity contribution in [3.63, 3.8) is 0 Å². The van der Waals surface area contributed by atoms with Gasteiger partial charge in [0.15, 0.2) is 11.6 Å². The predicted molar refractivity (Wildman–Crippen MR) is 95.4 cm³/mol. The van der Waals surface area contributed by atoms with Crippen LogP contribution in [-0.4, -0.2) is 16.7 Å². The van der Waals surface area contributed by atoms with E-state index in [1.165, 1.54) is 0 Å². The van der Waals surface area contributed by atoms with Gasteiger partial charge >= 0.3 is 0 Å². The zero-order valence-electron chi connectivity index (χ0n) is 13.7. The number of rotatable bonds is 2. The van der Waals surface area contributed by atoms with Crippen LogP contribution in [-0.2, 0) is 6.42 Å². The molecular weight excluding hydrogens is 312 g/mol. The van der Waals surface area contributed by atoms with Gasteiger partial charge in [-0.1, -0.05) is 54.1 Å². The SMILES string of the molecule is Cc1ccc(O)c(Cc2ccc3c(c2)C(=O)c2ccccc2C3=O)c1. The molecule has 0 radical (unpaired) electrons. The van der Waals surface area contributed by atoms with Crippen molar-refractivity contribution >= 4 is 11.6 Å². The van der Waals surface area contributed by atoms with E-state index < -0.39 is 0 Å². The standard InChI is InChI=1S/C22H16O3/c1-13-6-9-20(23)15(10-13)11-14-7-8-18-19(12-14)22(25)17-5-3-2-4-16(17)21(18)24/h2-10,12,23H,11H2,1H3. The number of carbonyl (C=O) groups is 2. The maximum absolute atomic E-state index is 12.8. The van der Waals surface area contributed by atoms with E-state index in [9.17, 15) is 14.7 Å². The molecular formula is C22H16O3. The van der Waals surface area contributed by atoms with Crippen LogP contribution < -0.4 is 0 Å². The van der Waals surface area contributed by atoms with Crippen molar-refractivity contribution in [3.8, 4) is 5.75 Å². The second kappa shape index (κ2) is 5.71. The zero-order chi connectivity index (χ0) is 17.6. The molecule has 1 aliphatic rings. The molecule has 0 aliphatic heterocycles. The van der Waals surface area contributed by atoms with Crippen molar-refractivity contribution < 1.29 is 14.7 Å². The van der Waals surface area contributed by atoms with Crippen molar-refractivity contribution in [1.82, 2.24) is 0 Å². The Morgan fingerprint density at radius 3 is 2.12 bits per heavy atom. The minimum absolute atomic E-state index is 0.116. The fraction of sp³-hybridized carbons (Fsp3) is 0.0909. The van der Waals surface area contributed by atoms with Crippen LogP contribution in [0.4, 0.5) is 0 Å². The van der Waals surface area contributed by atoms with Crippen LogP contribution in [0.1, 0.15) is 48.5 Å². The first-order valence-corrected chi connectivity index (χ1v) is 8.14. The Morgan fingerprint density at radius 2 is 1.40 bits per heavy atom. The predicted octanol–water partition coefficient (Wildman–Crippen LogP) is 4.07. The van der Waals surface area contributed by atoms with E-state index in [1.807, 2.05) is 25.1 Å². The first-order valence-electron chi connectivity index (χ1n) is 8.14. The third kappa shape index (κ3) is 2.54. The molecule has 3 heteroatoms. The molecule has 0 fully saturated rings. The Labute approximate surface area is 145 Å². The molecule has 0 saturated carbocycles. The highest BCUT2D eigenvalue weighted by atomic mass is 16.3. The monoisotopic (exact) mass is 328 g/mol.